The molecule has 0 amide bonds. The number of aliphatic carboxylic acids is 1. The van der Waals surface area contributed by atoms with Gasteiger partial charge in [0.05, 0.1) is 12.1 Å². The van der Waals surface area contributed by atoms with E-state index in [0.29, 0.717) is 12.5 Å². The van der Waals surface area contributed by atoms with Gasteiger partial charge in [0.15, 0.2) is 5.13 Å². The molecular formula is C12H18N2O2S. The Morgan fingerprint density at radius 2 is 2.53 bits per heavy atom. The SMILES string of the molecule is CCC1CCCN1c1nc(CCC(=O)O)cs1. The smallest absolute Gasteiger partial charge is 0.303 e. The molecule has 1 N–H and O–H groups in total. The fourth-order valence-electron chi connectivity index (χ4n) is 2.29. The van der Waals surface area contributed by atoms with Crippen LogP contribution in [0.5, 0.6) is 0 Å². The second kappa shape index (κ2) is 5.49. The van der Waals surface area contributed by atoms with Gasteiger partial charge >= 0.3 is 5.97 Å². The fraction of sp³-hybridized carbons (Fsp3) is 0.667. The Morgan fingerprint density at radius 3 is 3.24 bits per heavy atom. The molecule has 2 heterocycles. The van der Waals surface area contributed by atoms with E-state index in [0.717, 1.165) is 23.8 Å². The quantitative estimate of drug-likeness (QED) is 0.877. The van der Waals surface area contributed by atoms with Crippen LogP contribution in [0.3, 0.4) is 0 Å². The topological polar surface area (TPSA) is 53.4 Å². The summed E-state index contributed by atoms with van der Waals surface area (Å²) in [6, 6.07) is 0.619. The Labute approximate surface area is 105 Å². The molecule has 4 nitrogen and oxygen atoms in total. The number of carbonyl (C=O) groups is 1. The highest BCUT2D eigenvalue weighted by Gasteiger charge is 2.25. The van der Waals surface area contributed by atoms with Gasteiger partial charge in [0, 0.05) is 24.4 Å². The maximum Gasteiger partial charge on any atom is 0.303 e. The summed E-state index contributed by atoms with van der Waals surface area (Å²) in [5.74, 6) is -0.757. The van der Waals surface area contributed by atoms with Crippen molar-refractivity contribution >= 4 is 22.4 Å². The van der Waals surface area contributed by atoms with Crippen LogP contribution in [0, 0.1) is 0 Å². The molecule has 2 rings (SSSR count). The number of rotatable bonds is 5. The van der Waals surface area contributed by atoms with E-state index in [9.17, 15) is 4.79 Å². The molecular weight excluding hydrogens is 236 g/mol. The first kappa shape index (κ1) is 12.4. The molecule has 0 bridgehead atoms. The second-order valence-corrected chi connectivity index (χ2v) is 5.25. The monoisotopic (exact) mass is 254 g/mol. The Hall–Kier alpha value is -1.10. The number of hydrogen-bond acceptors (Lipinski definition) is 4. The van der Waals surface area contributed by atoms with Crippen molar-refractivity contribution in [3.05, 3.63) is 11.1 Å². The molecule has 0 aromatic carbocycles. The Morgan fingerprint density at radius 1 is 1.71 bits per heavy atom. The molecule has 1 aromatic heterocycles. The van der Waals surface area contributed by atoms with Crippen LogP contribution in [0.1, 0.15) is 38.3 Å². The maximum absolute atomic E-state index is 10.5. The summed E-state index contributed by atoms with van der Waals surface area (Å²) in [4.78, 5) is 17.4. The van der Waals surface area contributed by atoms with Crippen molar-refractivity contribution in [1.82, 2.24) is 4.98 Å². The largest absolute Gasteiger partial charge is 0.481 e. The number of hydrogen-bond donors (Lipinski definition) is 1. The van der Waals surface area contributed by atoms with Gasteiger partial charge in [-0.25, -0.2) is 4.98 Å². The van der Waals surface area contributed by atoms with Gasteiger partial charge in [-0.15, -0.1) is 11.3 Å². The molecule has 94 valence electrons. The van der Waals surface area contributed by atoms with Crippen LogP contribution < -0.4 is 4.90 Å². The van der Waals surface area contributed by atoms with Crippen molar-refractivity contribution in [1.29, 1.82) is 0 Å². The van der Waals surface area contributed by atoms with Gasteiger partial charge < -0.3 is 10.0 Å². The average Bonchev–Trinajstić information content (AvgIpc) is 2.94. The summed E-state index contributed by atoms with van der Waals surface area (Å²) < 4.78 is 0. The lowest BCUT2D eigenvalue weighted by Crippen LogP contribution is -2.28. The third kappa shape index (κ3) is 2.97. The summed E-state index contributed by atoms with van der Waals surface area (Å²) in [7, 11) is 0. The molecule has 0 radical (unpaired) electrons. The number of nitrogens with zero attached hydrogens (tertiary/aromatic N) is 2. The molecule has 17 heavy (non-hydrogen) atoms. The minimum Gasteiger partial charge on any atom is -0.481 e. The van der Waals surface area contributed by atoms with Crippen LogP contribution in [0.25, 0.3) is 0 Å². The summed E-state index contributed by atoms with van der Waals surface area (Å²) >= 11 is 1.64. The summed E-state index contributed by atoms with van der Waals surface area (Å²) in [6.07, 6.45) is 4.35. The Kier molecular flexibility index (Phi) is 3.99. The van der Waals surface area contributed by atoms with Gasteiger partial charge in [0.2, 0.25) is 0 Å². The summed E-state index contributed by atoms with van der Waals surface area (Å²) in [5, 5.41) is 11.7. The molecule has 5 heteroatoms. The van der Waals surface area contributed by atoms with Crippen molar-refractivity contribution in [2.45, 2.75) is 45.1 Å². The van der Waals surface area contributed by atoms with Crippen LogP contribution >= 0.6 is 11.3 Å². The first-order chi connectivity index (χ1) is 8.20. The van der Waals surface area contributed by atoms with Gasteiger partial charge in [-0.3, -0.25) is 4.79 Å². The van der Waals surface area contributed by atoms with Gasteiger partial charge in [0.25, 0.3) is 0 Å². The van der Waals surface area contributed by atoms with Gasteiger partial charge in [0.1, 0.15) is 0 Å². The molecule has 1 aliphatic rings. The van der Waals surface area contributed by atoms with E-state index in [1.54, 1.807) is 11.3 Å². The van der Waals surface area contributed by atoms with E-state index in [1.165, 1.54) is 12.8 Å². The molecule has 1 aliphatic heterocycles. The van der Waals surface area contributed by atoms with Gasteiger partial charge in [-0.05, 0) is 19.3 Å². The van der Waals surface area contributed by atoms with E-state index in [-0.39, 0.29) is 6.42 Å². The lowest BCUT2D eigenvalue weighted by Gasteiger charge is -2.22. The normalized spacial score (nSPS) is 19.8. The lowest BCUT2D eigenvalue weighted by molar-refractivity contribution is -0.136. The second-order valence-electron chi connectivity index (χ2n) is 4.41. The first-order valence-corrected chi connectivity index (χ1v) is 7.01. The van der Waals surface area contributed by atoms with E-state index in [1.807, 2.05) is 5.38 Å². The van der Waals surface area contributed by atoms with Crippen LogP contribution in [0.2, 0.25) is 0 Å². The fourth-order valence-corrected chi connectivity index (χ4v) is 3.25. The number of aromatic nitrogens is 1. The number of thiazole rings is 1. The molecule has 0 spiro atoms. The molecule has 1 fully saturated rings. The standard InChI is InChI=1S/C12H18N2O2S/c1-2-10-4-3-7-14(10)12-13-9(8-17-12)5-6-11(15)16/h8,10H,2-7H2,1H3,(H,15,16). The van der Waals surface area contributed by atoms with Crippen LogP contribution in [0.15, 0.2) is 5.38 Å². The summed E-state index contributed by atoms with van der Waals surface area (Å²) in [5.41, 5.74) is 0.911. The molecule has 0 saturated carbocycles. The highest BCUT2D eigenvalue weighted by atomic mass is 32.1. The third-order valence-electron chi connectivity index (χ3n) is 3.23. The molecule has 1 unspecified atom stereocenters. The lowest BCUT2D eigenvalue weighted by atomic mass is 10.2. The number of carboxylic acid groups (broad SMARTS) is 1. The Bertz CT molecular complexity index is 392. The third-order valence-corrected chi connectivity index (χ3v) is 4.16. The maximum atomic E-state index is 10.5. The minimum absolute atomic E-state index is 0.167. The highest BCUT2D eigenvalue weighted by Crippen LogP contribution is 2.30. The van der Waals surface area contributed by atoms with Crippen molar-refractivity contribution in [2.75, 3.05) is 11.4 Å². The predicted octanol–water partition coefficient (Wildman–Crippen LogP) is 2.54. The summed E-state index contributed by atoms with van der Waals surface area (Å²) in [6.45, 7) is 3.30. The first-order valence-electron chi connectivity index (χ1n) is 6.13. The highest BCUT2D eigenvalue weighted by molar-refractivity contribution is 7.13. The molecule has 1 aromatic rings. The molecule has 1 saturated heterocycles. The van der Waals surface area contributed by atoms with Crippen LogP contribution in [-0.2, 0) is 11.2 Å². The van der Waals surface area contributed by atoms with E-state index in [4.69, 9.17) is 5.11 Å². The van der Waals surface area contributed by atoms with Crippen LogP contribution in [-0.4, -0.2) is 28.6 Å². The number of carboxylic acids is 1. The minimum atomic E-state index is -0.757. The zero-order valence-electron chi connectivity index (χ0n) is 10.1. The van der Waals surface area contributed by atoms with Gasteiger partial charge in [-0.1, -0.05) is 6.92 Å². The Balaban J connectivity index is 1.99. The van der Waals surface area contributed by atoms with Crippen molar-refractivity contribution in [3.63, 3.8) is 0 Å². The average molecular weight is 254 g/mol. The van der Waals surface area contributed by atoms with Crippen LogP contribution in [0.4, 0.5) is 5.13 Å². The number of aryl methyl sites for hydroxylation is 1. The van der Waals surface area contributed by atoms with E-state index >= 15 is 0 Å². The van der Waals surface area contributed by atoms with Gasteiger partial charge in [-0.2, -0.15) is 0 Å². The van der Waals surface area contributed by atoms with Crippen molar-refractivity contribution in [2.24, 2.45) is 0 Å². The van der Waals surface area contributed by atoms with Crippen molar-refractivity contribution in [3.8, 4) is 0 Å². The molecule has 1 atom stereocenters. The zero-order valence-corrected chi connectivity index (χ0v) is 10.9. The van der Waals surface area contributed by atoms with Crippen molar-refractivity contribution < 1.29 is 9.90 Å². The molecule has 0 aliphatic carbocycles. The van der Waals surface area contributed by atoms with E-state index < -0.39 is 5.97 Å². The van der Waals surface area contributed by atoms with E-state index in [2.05, 4.69) is 16.8 Å². The predicted molar refractivity (Wildman–Crippen MR) is 68.7 cm³/mol. The number of anilines is 1. The zero-order chi connectivity index (χ0) is 12.3.